The summed E-state index contributed by atoms with van der Waals surface area (Å²) in [6.07, 6.45) is 0. The van der Waals surface area contributed by atoms with Crippen LogP contribution >= 0.6 is 0 Å². The number of hydrogen-bond acceptors (Lipinski definition) is 5. The number of aromatic hydroxyl groups is 2. The molecular weight excluding hydrogens is 258 g/mol. The molecule has 1 fully saturated rings. The third kappa shape index (κ3) is 2.40. The fourth-order valence-corrected chi connectivity index (χ4v) is 3.02. The highest BCUT2D eigenvalue weighted by atomic mass is 32.2. The fourth-order valence-electron chi connectivity index (χ4n) is 1.82. The second-order valence-electron chi connectivity index (χ2n) is 4.12. The lowest BCUT2D eigenvalue weighted by molar-refractivity contribution is 0.0764. The first-order valence-electron chi connectivity index (χ1n) is 5.41. The predicted molar refractivity (Wildman–Crippen MR) is 64.3 cm³/mol. The minimum absolute atomic E-state index is 0.0783. The van der Waals surface area contributed by atoms with Crippen LogP contribution in [0.4, 0.5) is 0 Å². The van der Waals surface area contributed by atoms with Gasteiger partial charge in [-0.05, 0) is 12.1 Å². The molecule has 2 rings (SSSR count). The van der Waals surface area contributed by atoms with E-state index in [0.29, 0.717) is 0 Å². The van der Waals surface area contributed by atoms with Crippen molar-refractivity contribution in [2.75, 3.05) is 24.6 Å². The van der Waals surface area contributed by atoms with Crippen molar-refractivity contribution in [1.82, 2.24) is 4.90 Å². The highest BCUT2D eigenvalue weighted by molar-refractivity contribution is 7.91. The molecule has 18 heavy (non-hydrogen) atoms. The molecule has 1 amide bonds. The molecule has 7 heteroatoms. The highest BCUT2D eigenvalue weighted by Crippen LogP contribution is 2.28. The lowest BCUT2D eigenvalue weighted by Crippen LogP contribution is -2.43. The van der Waals surface area contributed by atoms with E-state index >= 15 is 0 Å². The van der Waals surface area contributed by atoms with Crippen LogP contribution in [0.3, 0.4) is 0 Å². The summed E-state index contributed by atoms with van der Waals surface area (Å²) in [5.74, 6) is -1.36. The van der Waals surface area contributed by atoms with Gasteiger partial charge in [-0.2, -0.15) is 0 Å². The lowest BCUT2D eigenvalue weighted by Gasteiger charge is -2.27. The van der Waals surface area contributed by atoms with E-state index in [1.54, 1.807) is 0 Å². The van der Waals surface area contributed by atoms with Crippen molar-refractivity contribution in [3.8, 4) is 11.5 Å². The van der Waals surface area contributed by atoms with E-state index in [1.807, 2.05) is 0 Å². The molecule has 0 aliphatic carbocycles. The zero-order chi connectivity index (χ0) is 13.3. The van der Waals surface area contributed by atoms with Gasteiger partial charge in [-0.3, -0.25) is 4.79 Å². The zero-order valence-electron chi connectivity index (χ0n) is 9.54. The predicted octanol–water partition coefficient (Wildman–Crippen LogP) is -0.0316. The van der Waals surface area contributed by atoms with Crippen LogP contribution < -0.4 is 0 Å². The summed E-state index contributed by atoms with van der Waals surface area (Å²) < 4.78 is 22.5. The summed E-state index contributed by atoms with van der Waals surface area (Å²) >= 11 is 0. The molecule has 0 radical (unpaired) electrons. The van der Waals surface area contributed by atoms with Gasteiger partial charge in [0, 0.05) is 13.1 Å². The molecule has 0 aromatic heterocycles. The van der Waals surface area contributed by atoms with E-state index in [4.69, 9.17) is 0 Å². The number of carbonyl (C=O) groups excluding carboxylic acids is 1. The summed E-state index contributed by atoms with van der Waals surface area (Å²) in [6, 6.07) is 4.02. The summed E-state index contributed by atoms with van der Waals surface area (Å²) in [5.41, 5.74) is -0.184. The first kappa shape index (κ1) is 12.7. The molecule has 0 saturated carbocycles. The van der Waals surface area contributed by atoms with Gasteiger partial charge in [0.15, 0.2) is 9.84 Å². The summed E-state index contributed by atoms with van der Waals surface area (Å²) in [5, 5.41) is 19.1. The average Bonchev–Trinajstić information content (AvgIpc) is 2.28. The third-order valence-electron chi connectivity index (χ3n) is 2.87. The number of phenolic OH excluding ortho intramolecular Hbond substituents is 2. The van der Waals surface area contributed by atoms with Gasteiger partial charge in [-0.1, -0.05) is 6.07 Å². The SMILES string of the molecule is O=C(c1c(O)cccc1O)N1CCS(=O)(=O)CC1. The number of nitrogens with zero attached hydrogens (tertiary/aromatic N) is 1. The maximum absolute atomic E-state index is 12.1. The molecule has 1 heterocycles. The summed E-state index contributed by atoms with van der Waals surface area (Å²) in [7, 11) is -3.07. The van der Waals surface area contributed by atoms with Crippen molar-refractivity contribution in [1.29, 1.82) is 0 Å². The van der Waals surface area contributed by atoms with Gasteiger partial charge in [-0.15, -0.1) is 0 Å². The average molecular weight is 271 g/mol. The first-order chi connectivity index (χ1) is 8.41. The molecule has 2 N–H and O–H groups in total. The number of carbonyl (C=O) groups is 1. The van der Waals surface area contributed by atoms with Crippen molar-refractivity contribution < 1.29 is 23.4 Å². The Bertz CT molecular complexity index is 547. The number of rotatable bonds is 1. The van der Waals surface area contributed by atoms with Gasteiger partial charge in [0.2, 0.25) is 0 Å². The van der Waals surface area contributed by atoms with Crippen LogP contribution in [0.1, 0.15) is 10.4 Å². The Balaban J connectivity index is 2.23. The van der Waals surface area contributed by atoms with Gasteiger partial charge in [0.1, 0.15) is 17.1 Å². The molecular formula is C11H13NO5S. The van der Waals surface area contributed by atoms with Gasteiger partial charge >= 0.3 is 0 Å². The van der Waals surface area contributed by atoms with Gasteiger partial charge in [0.05, 0.1) is 11.5 Å². The van der Waals surface area contributed by atoms with E-state index in [9.17, 15) is 23.4 Å². The molecule has 1 aliphatic rings. The van der Waals surface area contributed by atoms with Crippen molar-refractivity contribution in [2.45, 2.75) is 0 Å². The number of phenols is 2. The molecule has 1 aliphatic heterocycles. The van der Waals surface area contributed by atoms with Gasteiger partial charge < -0.3 is 15.1 Å². The highest BCUT2D eigenvalue weighted by Gasteiger charge is 2.28. The van der Waals surface area contributed by atoms with E-state index in [0.717, 1.165) is 0 Å². The number of hydrogen-bond donors (Lipinski definition) is 2. The standard InChI is InChI=1S/C11H13NO5S/c13-8-2-1-3-9(14)10(8)11(15)12-4-6-18(16,17)7-5-12/h1-3,13-14H,4-7H2. The van der Waals surface area contributed by atoms with Crippen LogP contribution in [-0.2, 0) is 9.84 Å². The molecule has 0 spiro atoms. The molecule has 98 valence electrons. The van der Waals surface area contributed by atoms with Crippen LogP contribution in [0.2, 0.25) is 0 Å². The molecule has 6 nitrogen and oxygen atoms in total. The Hall–Kier alpha value is -1.76. The maximum Gasteiger partial charge on any atom is 0.261 e. The number of amides is 1. The van der Waals surface area contributed by atoms with Crippen LogP contribution in [0.25, 0.3) is 0 Å². The van der Waals surface area contributed by atoms with Crippen LogP contribution in [0, 0.1) is 0 Å². The second-order valence-corrected chi connectivity index (χ2v) is 6.42. The minimum atomic E-state index is -3.07. The Morgan fingerprint density at radius 3 is 2.11 bits per heavy atom. The van der Waals surface area contributed by atoms with E-state index in [-0.39, 0.29) is 41.7 Å². The Morgan fingerprint density at radius 1 is 1.11 bits per heavy atom. The minimum Gasteiger partial charge on any atom is -0.507 e. The van der Waals surface area contributed by atoms with Crippen molar-refractivity contribution in [2.24, 2.45) is 0 Å². The van der Waals surface area contributed by atoms with Crippen molar-refractivity contribution >= 4 is 15.7 Å². The fraction of sp³-hybridized carbons (Fsp3) is 0.364. The molecule has 1 aromatic carbocycles. The maximum atomic E-state index is 12.1. The Morgan fingerprint density at radius 2 is 1.61 bits per heavy atom. The van der Waals surface area contributed by atoms with Gasteiger partial charge in [0.25, 0.3) is 5.91 Å². The first-order valence-corrected chi connectivity index (χ1v) is 7.23. The monoisotopic (exact) mass is 271 g/mol. The van der Waals surface area contributed by atoms with Crippen LogP contribution in [0.15, 0.2) is 18.2 Å². The molecule has 0 bridgehead atoms. The zero-order valence-corrected chi connectivity index (χ0v) is 10.4. The largest absolute Gasteiger partial charge is 0.507 e. The van der Waals surface area contributed by atoms with E-state index in [1.165, 1.54) is 23.1 Å². The lowest BCUT2D eigenvalue weighted by atomic mass is 10.1. The van der Waals surface area contributed by atoms with E-state index in [2.05, 4.69) is 0 Å². The Labute approximate surface area is 104 Å². The number of benzene rings is 1. The van der Waals surface area contributed by atoms with Crippen LogP contribution in [0.5, 0.6) is 11.5 Å². The van der Waals surface area contributed by atoms with Crippen LogP contribution in [-0.4, -0.2) is 54.0 Å². The second kappa shape index (κ2) is 4.49. The number of sulfone groups is 1. The topological polar surface area (TPSA) is 94.9 Å². The molecule has 1 saturated heterocycles. The van der Waals surface area contributed by atoms with Gasteiger partial charge in [-0.25, -0.2) is 8.42 Å². The summed E-state index contributed by atoms with van der Waals surface area (Å²) in [4.78, 5) is 13.4. The molecule has 1 aromatic rings. The van der Waals surface area contributed by atoms with Crippen molar-refractivity contribution in [3.63, 3.8) is 0 Å². The molecule has 0 atom stereocenters. The normalized spacial score (nSPS) is 18.6. The quantitative estimate of drug-likeness (QED) is 0.748. The third-order valence-corrected chi connectivity index (χ3v) is 4.48. The van der Waals surface area contributed by atoms with Crippen molar-refractivity contribution in [3.05, 3.63) is 23.8 Å². The van der Waals surface area contributed by atoms with E-state index < -0.39 is 15.7 Å². The molecule has 0 unspecified atom stereocenters. The smallest absolute Gasteiger partial charge is 0.261 e. The Kier molecular flexibility index (Phi) is 3.16. The summed E-state index contributed by atoms with van der Waals surface area (Å²) in [6.45, 7) is 0.157.